The van der Waals surface area contributed by atoms with Crippen molar-refractivity contribution < 1.29 is 14.2 Å². The average Bonchev–Trinajstić information content (AvgIpc) is 2.93. The number of methoxy groups -OCH3 is 2. The van der Waals surface area contributed by atoms with Crippen molar-refractivity contribution in [3.8, 4) is 0 Å². The molecule has 5 heteroatoms. The minimum atomic E-state index is 0.709. The molecule has 1 N–H and O–H groups in total. The van der Waals surface area contributed by atoms with Crippen molar-refractivity contribution in [2.45, 2.75) is 12.8 Å². The molecule has 0 aliphatic carbocycles. The topological polar surface area (TPSA) is 43.0 Å². The van der Waals surface area contributed by atoms with E-state index in [1.54, 1.807) is 14.2 Å². The number of hydrogen-bond donors (Lipinski definition) is 1. The molecule has 1 saturated heterocycles. The molecular formula is C14H30N2O3. The van der Waals surface area contributed by atoms with Gasteiger partial charge in [0.25, 0.3) is 0 Å². The number of nitrogens with zero attached hydrogens (tertiary/aromatic N) is 1. The van der Waals surface area contributed by atoms with Crippen molar-refractivity contribution in [1.82, 2.24) is 10.2 Å². The van der Waals surface area contributed by atoms with Crippen molar-refractivity contribution in [2.75, 3.05) is 73.4 Å². The van der Waals surface area contributed by atoms with Gasteiger partial charge in [-0.05, 0) is 18.8 Å². The van der Waals surface area contributed by atoms with Crippen molar-refractivity contribution >= 4 is 0 Å². The normalized spacial score (nSPS) is 19.4. The number of ether oxygens (including phenoxy) is 3. The van der Waals surface area contributed by atoms with Gasteiger partial charge in [0.1, 0.15) is 0 Å². The van der Waals surface area contributed by atoms with Crippen LogP contribution in [0, 0.1) is 5.92 Å². The van der Waals surface area contributed by atoms with Crippen molar-refractivity contribution in [3.05, 3.63) is 0 Å². The zero-order valence-corrected chi connectivity index (χ0v) is 12.5. The molecule has 0 radical (unpaired) electrons. The number of hydrogen-bond acceptors (Lipinski definition) is 5. The smallest absolute Gasteiger partial charge is 0.0589 e. The number of nitrogens with one attached hydrogen (secondary N) is 1. The van der Waals surface area contributed by atoms with E-state index in [4.69, 9.17) is 14.2 Å². The van der Waals surface area contributed by atoms with Gasteiger partial charge in [-0.1, -0.05) is 0 Å². The summed E-state index contributed by atoms with van der Waals surface area (Å²) in [4.78, 5) is 2.43. The highest BCUT2D eigenvalue weighted by atomic mass is 16.5. The fourth-order valence-corrected chi connectivity index (χ4v) is 2.28. The van der Waals surface area contributed by atoms with Crippen molar-refractivity contribution in [1.29, 1.82) is 0 Å². The zero-order valence-electron chi connectivity index (χ0n) is 12.5. The average molecular weight is 274 g/mol. The van der Waals surface area contributed by atoms with Crippen LogP contribution in [0.5, 0.6) is 0 Å². The van der Waals surface area contributed by atoms with E-state index in [1.165, 1.54) is 6.42 Å². The van der Waals surface area contributed by atoms with Gasteiger partial charge in [-0.25, -0.2) is 0 Å². The van der Waals surface area contributed by atoms with Crippen LogP contribution < -0.4 is 5.32 Å². The van der Waals surface area contributed by atoms with E-state index in [2.05, 4.69) is 10.2 Å². The molecule has 114 valence electrons. The summed E-state index contributed by atoms with van der Waals surface area (Å²) >= 11 is 0. The molecule has 0 aromatic rings. The third-order valence-electron chi connectivity index (χ3n) is 3.50. The number of rotatable bonds is 12. The Morgan fingerprint density at radius 2 is 2.00 bits per heavy atom. The first kappa shape index (κ1) is 16.9. The Hall–Kier alpha value is -0.200. The minimum Gasteiger partial charge on any atom is -0.385 e. The van der Waals surface area contributed by atoms with E-state index < -0.39 is 0 Å². The van der Waals surface area contributed by atoms with Gasteiger partial charge < -0.3 is 19.5 Å². The van der Waals surface area contributed by atoms with Gasteiger partial charge in [0.05, 0.1) is 13.2 Å². The van der Waals surface area contributed by atoms with E-state index in [-0.39, 0.29) is 0 Å². The Kier molecular flexibility index (Phi) is 10.3. The SMILES string of the molecule is COCCCN(CCNCC1CCOC1)CCOC. The van der Waals surface area contributed by atoms with E-state index in [0.29, 0.717) is 5.92 Å². The van der Waals surface area contributed by atoms with Crippen LogP contribution >= 0.6 is 0 Å². The van der Waals surface area contributed by atoms with Gasteiger partial charge in [0, 0.05) is 60.2 Å². The molecule has 1 fully saturated rings. The summed E-state index contributed by atoms with van der Waals surface area (Å²) < 4.78 is 15.6. The van der Waals surface area contributed by atoms with Gasteiger partial charge >= 0.3 is 0 Å². The zero-order chi connectivity index (χ0) is 13.8. The molecule has 0 bridgehead atoms. The molecule has 0 aromatic heterocycles. The van der Waals surface area contributed by atoms with Crippen LogP contribution in [0.3, 0.4) is 0 Å². The summed E-state index contributed by atoms with van der Waals surface area (Å²) in [5, 5.41) is 3.53. The third-order valence-corrected chi connectivity index (χ3v) is 3.50. The molecular weight excluding hydrogens is 244 g/mol. The molecule has 5 nitrogen and oxygen atoms in total. The van der Waals surface area contributed by atoms with Crippen LogP contribution in [0.15, 0.2) is 0 Å². The Balaban J connectivity index is 2.04. The molecule has 1 heterocycles. The van der Waals surface area contributed by atoms with Gasteiger partial charge in [-0.15, -0.1) is 0 Å². The molecule has 0 amide bonds. The molecule has 1 rings (SSSR count). The molecule has 1 aliphatic rings. The molecule has 1 unspecified atom stereocenters. The van der Waals surface area contributed by atoms with Crippen molar-refractivity contribution in [2.24, 2.45) is 5.92 Å². The van der Waals surface area contributed by atoms with E-state index in [0.717, 1.165) is 65.6 Å². The van der Waals surface area contributed by atoms with E-state index in [9.17, 15) is 0 Å². The lowest BCUT2D eigenvalue weighted by molar-refractivity contribution is 0.133. The highest BCUT2D eigenvalue weighted by molar-refractivity contribution is 4.68. The van der Waals surface area contributed by atoms with Gasteiger partial charge in [0.2, 0.25) is 0 Å². The Morgan fingerprint density at radius 3 is 2.68 bits per heavy atom. The predicted octanol–water partition coefficient (Wildman–Crippen LogP) is 0.597. The summed E-state index contributed by atoms with van der Waals surface area (Å²) in [7, 11) is 3.51. The molecule has 0 spiro atoms. The summed E-state index contributed by atoms with van der Waals surface area (Å²) in [5.74, 6) is 0.709. The lowest BCUT2D eigenvalue weighted by Crippen LogP contribution is -2.36. The summed E-state index contributed by atoms with van der Waals surface area (Å²) in [6.45, 7) is 8.74. The fraction of sp³-hybridized carbons (Fsp3) is 1.00. The maximum Gasteiger partial charge on any atom is 0.0589 e. The van der Waals surface area contributed by atoms with Crippen LogP contribution in [0.1, 0.15) is 12.8 Å². The second-order valence-corrected chi connectivity index (χ2v) is 5.11. The monoisotopic (exact) mass is 274 g/mol. The Bertz CT molecular complexity index is 199. The standard InChI is InChI=1S/C14H30N2O3/c1-17-9-3-6-16(8-11-18-2)7-5-15-12-14-4-10-19-13-14/h14-15H,3-13H2,1-2H3. The molecule has 19 heavy (non-hydrogen) atoms. The quantitative estimate of drug-likeness (QED) is 0.528. The van der Waals surface area contributed by atoms with Crippen LogP contribution in [-0.4, -0.2) is 78.3 Å². The first-order valence-electron chi connectivity index (χ1n) is 7.35. The van der Waals surface area contributed by atoms with Crippen LogP contribution in [0.4, 0.5) is 0 Å². The highest BCUT2D eigenvalue weighted by Gasteiger charge is 2.14. The second kappa shape index (κ2) is 11.6. The van der Waals surface area contributed by atoms with E-state index in [1.807, 2.05) is 0 Å². The molecule has 1 atom stereocenters. The molecule has 0 aromatic carbocycles. The highest BCUT2D eigenvalue weighted by Crippen LogP contribution is 2.10. The van der Waals surface area contributed by atoms with Gasteiger partial charge in [-0.3, -0.25) is 4.90 Å². The third kappa shape index (κ3) is 8.55. The van der Waals surface area contributed by atoms with Crippen LogP contribution in [0.25, 0.3) is 0 Å². The first-order chi connectivity index (χ1) is 9.36. The Morgan fingerprint density at radius 1 is 1.16 bits per heavy atom. The lowest BCUT2D eigenvalue weighted by atomic mass is 10.1. The van der Waals surface area contributed by atoms with Crippen molar-refractivity contribution in [3.63, 3.8) is 0 Å². The lowest BCUT2D eigenvalue weighted by Gasteiger charge is -2.22. The van der Waals surface area contributed by atoms with E-state index >= 15 is 0 Å². The van der Waals surface area contributed by atoms with Crippen LogP contribution in [-0.2, 0) is 14.2 Å². The largest absolute Gasteiger partial charge is 0.385 e. The minimum absolute atomic E-state index is 0.709. The molecule has 1 aliphatic heterocycles. The Labute approximate surface area is 117 Å². The summed E-state index contributed by atoms with van der Waals surface area (Å²) in [6.07, 6.45) is 2.28. The van der Waals surface area contributed by atoms with Gasteiger partial charge in [0.15, 0.2) is 0 Å². The summed E-state index contributed by atoms with van der Waals surface area (Å²) in [5.41, 5.74) is 0. The first-order valence-corrected chi connectivity index (χ1v) is 7.35. The fourth-order valence-electron chi connectivity index (χ4n) is 2.28. The predicted molar refractivity (Wildman–Crippen MR) is 76.6 cm³/mol. The summed E-state index contributed by atoms with van der Waals surface area (Å²) in [6, 6.07) is 0. The van der Waals surface area contributed by atoms with Gasteiger partial charge in [-0.2, -0.15) is 0 Å². The molecule has 0 saturated carbocycles. The maximum absolute atomic E-state index is 5.37. The maximum atomic E-state index is 5.37. The van der Waals surface area contributed by atoms with Crippen LogP contribution in [0.2, 0.25) is 0 Å². The second-order valence-electron chi connectivity index (χ2n) is 5.11.